The Morgan fingerprint density at radius 3 is 2.20 bits per heavy atom. The zero-order chi connectivity index (χ0) is 11.9. The first-order chi connectivity index (χ1) is 6.88. The van der Waals surface area contributed by atoms with Crippen molar-refractivity contribution in [1.82, 2.24) is 16.1 Å². The number of halogens is 3. The molecule has 15 heavy (non-hydrogen) atoms. The molecule has 0 spiro atoms. The lowest BCUT2D eigenvalue weighted by atomic mass is 10.4. The first-order valence-corrected chi connectivity index (χ1v) is 4.34. The molecule has 0 bridgehead atoms. The fourth-order valence-corrected chi connectivity index (χ4v) is 0.841. The van der Waals surface area contributed by atoms with Gasteiger partial charge in [-0.05, 0) is 0 Å². The van der Waals surface area contributed by atoms with Crippen LogP contribution < -0.4 is 21.9 Å². The second kappa shape index (κ2) is 6.53. The number of carbonyl (C=O) groups is 1. The molecule has 1 rings (SSSR count). The first kappa shape index (κ1) is 14.1. The molecule has 9 heteroatoms. The molecule has 0 aromatic rings. The number of alkyl halides is 3. The molecule has 0 aromatic carbocycles. The van der Waals surface area contributed by atoms with Crippen LogP contribution in [0.15, 0.2) is 0 Å². The van der Waals surface area contributed by atoms with Gasteiger partial charge in [-0.2, -0.15) is 13.2 Å². The lowest BCUT2D eigenvalue weighted by Gasteiger charge is -2.14. The van der Waals surface area contributed by atoms with Gasteiger partial charge in [-0.1, -0.05) is 12.2 Å². The van der Waals surface area contributed by atoms with E-state index in [0.717, 1.165) is 30.0 Å². The van der Waals surface area contributed by atoms with E-state index < -0.39 is 12.1 Å². The summed E-state index contributed by atoms with van der Waals surface area (Å²) in [6, 6.07) is 0. The van der Waals surface area contributed by atoms with Crippen molar-refractivity contribution < 1.29 is 18.0 Å². The molecule has 0 unspecified atom stereocenters. The van der Waals surface area contributed by atoms with Crippen LogP contribution in [-0.2, 0) is 4.79 Å². The predicted molar refractivity (Wildman–Crippen MR) is 51.9 cm³/mol. The number of rotatable bonds is 0. The van der Waals surface area contributed by atoms with Gasteiger partial charge in [0, 0.05) is 19.6 Å². The summed E-state index contributed by atoms with van der Waals surface area (Å²) in [6.45, 7) is 2.88. The van der Waals surface area contributed by atoms with Crippen LogP contribution in [0.2, 0.25) is 0 Å². The van der Waals surface area contributed by atoms with Crippen molar-refractivity contribution >= 4 is 23.1 Å². The molecule has 5 nitrogen and oxygen atoms in total. The average molecular weight is 244 g/mol. The van der Waals surface area contributed by atoms with Crippen LogP contribution in [0.4, 0.5) is 13.2 Å². The molecule has 0 saturated carbocycles. The van der Waals surface area contributed by atoms with Gasteiger partial charge >= 0.3 is 12.1 Å². The van der Waals surface area contributed by atoms with Crippen LogP contribution in [0.25, 0.3) is 0 Å². The smallest absolute Gasteiger partial charge is 0.377 e. The highest BCUT2D eigenvalue weighted by atomic mass is 32.1. The number of nitrogens with two attached hydrogens (primary N) is 1. The summed E-state index contributed by atoms with van der Waals surface area (Å²) in [5, 5.41) is 6.18. The Bertz CT molecular complexity index is 225. The number of piperazine rings is 1. The number of nitrogens with one attached hydrogen (secondary N) is 3. The second-order valence-electron chi connectivity index (χ2n) is 2.50. The zero-order valence-corrected chi connectivity index (χ0v) is 8.47. The van der Waals surface area contributed by atoms with Crippen LogP contribution >= 0.6 is 12.2 Å². The van der Waals surface area contributed by atoms with Gasteiger partial charge in [0.25, 0.3) is 0 Å². The van der Waals surface area contributed by atoms with Crippen molar-refractivity contribution in [3.8, 4) is 0 Å². The number of hydrogen-bond donors (Lipinski definition) is 4. The molecule has 1 heterocycles. The van der Waals surface area contributed by atoms with Crippen molar-refractivity contribution in [2.45, 2.75) is 6.18 Å². The third kappa shape index (κ3) is 7.05. The Hall–Kier alpha value is -0.930. The maximum Gasteiger partial charge on any atom is 0.472 e. The summed E-state index contributed by atoms with van der Waals surface area (Å²) in [4.78, 5) is 10.4. The van der Waals surface area contributed by atoms with Crippen LogP contribution in [0.1, 0.15) is 0 Å². The summed E-state index contributed by atoms with van der Waals surface area (Å²) >= 11 is 4.83. The summed E-state index contributed by atoms with van der Waals surface area (Å²) in [7, 11) is 0. The maximum atomic E-state index is 11.0. The predicted octanol–water partition coefficient (Wildman–Crippen LogP) is -0.955. The lowest BCUT2D eigenvalue weighted by molar-refractivity contribution is -0.173. The Balaban J connectivity index is 0.000000262. The molecular formula is C6H11F3N4OS. The topological polar surface area (TPSA) is 79.2 Å². The summed E-state index contributed by atoms with van der Waals surface area (Å²) in [5.41, 5.74) is 0.941. The van der Waals surface area contributed by atoms with E-state index in [1.807, 2.05) is 0 Å². The zero-order valence-electron chi connectivity index (χ0n) is 7.65. The number of amides is 1. The van der Waals surface area contributed by atoms with Crippen LogP contribution in [0.3, 0.4) is 0 Å². The fourth-order valence-electron chi connectivity index (χ4n) is 0.637. The van der Waals surface area contributed by atoms with E-state index >= 15 is 0 Å². The van der Waals surface area contributed by atoms with Gasteiger partial charge in [-0.15, -0.1) is 0 Å². The van der Waals surface area contributed by atoms with E-state index in [4.69, 9.17) is 12.2 Å². The summed E-state index contributed by atoms with van der Waals surface area (Å²) in [5.74, 6) is 2.00. The van der Waals surface area contributed by atoms with Crippen molar-refractivity contribution in [1.29, 1.82) is 0 Å². The number of hydrazine groups is 1. The maximum absolute atomic E-state index is 11.0. The number of carbonyl (C=O) groups excluding carboxylic acids is 1. The van der Waals surface area contributed by atoms with Crippen LogP contribution in [0, 0.1) is 0 Å². The minimum absolute atomic E-state index is 0.856. The van der Waals surface area contributed by atoms with E-state index in [9.17, 15) is 18.0 Å². The minimum atomic E-state index is -4.87. The quantitative estimate of drug-likeness (QED) is 0.191. The Morgan fingerprint density at radius 2 is 2.07 bits per heavy atom. The SMILES string of the molecule is NNC(=O)C(F)(F)F.S=C1CNCCN1. The highest BCUT2D eigenvalue weighted by Crippen LogP contribution is 2.12. The number of hydrogen-bond acceptors (Lipinski definition) is 4. The molecule has 1 aliphatic heterocycles. The Labute approximate surface area is 89.5 Å². The normalized spacial score (nSPS) is 15.9. The molecule has 1 aliphatic rings. The largest absolute Gasteiger partial charge is 0.472 e. The van der Waals surface area contributed by atoms with Gasteiger partial charge in [0.1, 0.15) is 0 Å². The second-order valence-corrected chi connectivity index (χ2v) is 2.99. The van der Waals surface area contributed by atoms with Crippen molar-refractivity contribution in [2.24, 2.45) is 5.84 Å². The van der Waals surface area contributed by atoms with Gasteiger partial charge < -0.3 is 10.6 Å². The van der Waals surface area contributed by atoms with E-state index in [2.05, 4.69) is 16.5 Å². The number of thiocarbonyl (C=S) groups is 1. The lowest BCUT2D eigenvalue weighted by Crippen LogP contribution is -2.43. The summed E-state index contributed by atoms with van der Waals surface area (Å²) in [6.07, 6.45) is -4.87. The molecule has 0 atom stereocenters. The highest BCUT2D eigenvalue weighted by Gasteiger charge is 2.37. The fraction of sp³-hybridized carbons (Fsp3) is 0.667. The standard InChI is InChI=1S/C4H8N2S.C2H3F3N2O/c7-4-3-5-1-2-6-4;3-2(4,5)1(8)7-6/h5H,1-3H2,(H,6,7);6H2,(H,7,8). The molecule has 1 fully saturated rings. The van der Waals surface area contributed by atoms with Gasteiger partial charge in [-0.3, -0.25) is 10.2 Å². The average Bonchev–Trinajstić information content (AvgIpc) is 2.17. The molecule has 1 saturated heterocycles. The Kier molecular flexibility index (Phi) is 6.13. The Morgan fingerprint density at radius 1 is 1.47 bits per heavy atom. The highest BCUT2D eigenvalue weighted by molar-refractivity contribution is 7.80. The van der Waals surface area contributed by atoms with Crippen molar-refractivity contribution in [2.75, 3.05) is 19.6 Å². The van der Waals surface area contributed by atoms with E-state index in [1.165, 1.54) is 0 Å². The molecule has 1 amide bonds. The monoisotopic (exact) mass is 244 g/mol. The van der Waals surface area contributed by atoms with Gasteiger partial charge in [0.15, 0.2) is 0 Å². The molecule has 0 aromatic heterocycles. The van der Waals surface area contributed by atoms with Crippen molar-refractivity contribution in [3.63, 3.8) is 0 Å². The van der Waals surface area contributed by atoms with Crippen LogP contribution in [-0.4, -0.2) is 36.7 Å². The summed E-state index contributed by atoms with van der Waals surface area (Å²) < 4.78 is 32.9. The molecule has 88 valence electrons. The van der Waals surface area contributed by atoms with Gasteiger partial charge in [-0.25, -0.2) is 5.84 Å². The molecule has 5 N–H and O–H groups in total. The molecular weight excluding hydrogens is 233 g/mol. The third-order valence-corrected chi connectivity index (χ3v) is 1.59. The molecule has 0 radical (unpaired) electrons. The van der Waals surface area contributed by atoms with E-state index in [1.54, 1.807) is 0 Å². The van der Waals surface area contributed by atoms with Crippen LogP contribution in [0.5, 0.6) is 0 Å². The minimum Gasteiger partial charge on any atom is -0.377 e. The van der Waals surface area contributed by atoms with Gasteiger partial charge in [0.2, 0.25) is 0 Å². The van der Waals surface area contributed by atoms with E-state index in [0.29, 0.717) is 0 Å². The molecule has 0 aliphatic carbocycles. The van der Waals surface area contributed by atoms with Crippen molar-refractivity contribution in [3.05, 3.63) is 0 Å². The van der Waals surface area contributed by atoms with E-state index in [-0.39, 0.29) is 0 Å². The van der Waals surface area contributed by atoms with Gasteiger partial charge in [0.05, 0.1) is 4.99 Å². The first-order valence-electron chi connectivity index (χ1n) is 3.93. The third-order valence-electron chi connectivity index (χ3n) is 1.30.